The molecular formula is C25H21BrClN5O6S. The van der Waals surface area contributed by atoms with Crippen molar-refractivity contribution in [2.24, 2.45) is 0 Å². The zero-order valence-corrected chi connectivity index (χ0v) is 23.5. The summed E-state index contributed by atoms with van der Waals surface area (Å²) in [4.78, 5) is 16.2. The lowest BCUT2D eigenvalue weighted by Crippen LogP contribution is -2.14. The van der Waals surface area contributed by atoms with Crippen LogP contribution in [0.15, 0.2) is 77.1 Å². The number of benzene rings is 2. The van der Waals surface area contributed by atoms with Crippen molar-refractivity contribution < 1.29 is 27.4 Å². The second-order valence-corrected chi connectivity index (χ2v) is 10.4. The molecule has 202 valence electrons. The molecule has 2 heterocycles. The summed E-state index contributed by atoms with van der Waals surface area (Å²) in [5.74, 6) is 0.270. The van der Waals surface area contributed by atoms with E-state index in [1.54, 1.807) is 48.8 Å². The molecule has 0 amide bonds. The number of methoxy groups -OCH3 is 1. The van der Waals surface area contributed by atoms with Gasteiger partial charge in [-0.1, -0.05) is 41.9 Å². The Morgan fingerprint density at radius 1 is 1.00 bits per heavy atom. The summed E-state index contributed by atoms with van der Waals surface area (Å²) in [5, 5.41) is 1.25. The summed E-state index contributed by atoms with van der Waals surface area (Å²) < 4.78 is 51.2. The fraction of sp³-hybridized carbons (Fsp3) is 0.120. The molecule has 0 saturated carbocycles. The van der Waals surface area contributed by atoms with Crippen LogP contribution in [0.3, 0.4) is 0 Å². The van der Waals surface area contributed by atoms with Crippen molar-refractivity contribution in [1.29, 1.82) is 0 Å². The van der Waals surface area contributed by atoms with E-state index in [4.69, 9.17) is 30.5 Å². The Morgan fingerprint density at radius 2 is 1.74 bits per heavy atom. The number of aromatic nitrogens is 4. The molecule has 1 N–H and O–H groups in total. The number of ether oxygens (including phenoxy) is 4. The van der Waals surface area contributed by atoms with Gasteiger partial charge in [0.05, 0.1) is 22.0 Å². The molecule has 2 aromatic heterocycles. The van der Waals surface area contributed by atoms with Crippen LogP contribution in [0, 0.1) is 0 Å². The minimum atomic E-state index is -4.01. The minimum absolute atomic E-state index is 0.00125. The number of halogens is 2. The van der Waals surface area contributed by atoms with Gasteiger partial charge in [0, 0.05) is 18.5 Å². The van der Waals surface area contributed by atoms with E-state index in [2.05, 4.69) is 40.6 Å². The summed E-state index contributed by atoms with van der Waals surface area (Å²) in [5.41, 5.74) is 0.698. The van der Waals surface area contributed by atoms with Crippen LogP contribution in [0.5, 0.6) is 29.1 Å². The molecule has 0 unspecified atom stereocenters. The second-order valence-electron chi connectivity index (χ2n) is 7.50. The summed E-state index contributed by atoms with van der Waals surface area (Å²) >= 11 is 9.57. The Balaban J connectivity index is 1.58. The lowest BCUT2D eigenvalue weighted by atomic mass is 10.2. The molecule has 0 bridgehead atoms. The van der Waals surface area contributed by atoms with Crippen LogP contribution in [0.2, 0.25) is 5.02 Å². The molecule has 0 saturated heterocycles. The Labute approximate surface area is 238 Å². The third-order valence-corrected chi connectivity index (χ3v) is 6.44. The summed E-state index contributed by atoms with van der Waals surface area (Å²) in [6.45, 7) is 0.0601. The first-order chi connectivity index (χ1) is 18.8. The van der Waals surface area contributed by atoms with Crippen molar-refractivity contribution in [1.82, 2.24) is 19.9 Å². The van der Waals surface area contributed by atoms with Crippen LogP contribution < -0.4 is 23.7 Å². The Hall–Kier alpha value is -3.94. The zero-order valence-electron chi connectivity index (χ0n) is 20.3. The smallest absolute Gasteiger partial charge is 0.316 e. The Bertz CT molecular complexity index is 1540. The lowest BCUT2D eigenvalue weighted by Gasteiger charge is -2.16. The molecule has 0 aliphatic carbocycles. The molecule has 14 heteroatoms. The van der Waals surface area contributed by atoms with Gasteiger partial charge in [-0.15, -0.1) is 0 Å². The molecule has 4 rings (SSSR count). The van der Waals surface area contributed by atoms with Crippen molar-refractivity contribution in [2.45, 2.75) is 0 Å². The summed E-state index contributed by atoms with van der Waals surface area (Å²) in [6.07, 6.45) is 5.67. The van der Waals surface area contributed by atoms with E-state index in [-0.39, 0.29) is 47.4 Å². The van der Waals surface area contributed by atoms with Crippen LogP contribution in [-0.4, -0.2) is 48.7 Å². The zero-order chi connectivity index (χ0) is 27.7. The number of sulfonamides is 1. The maximum absolute atomic E-state index is 12.9. The largest absolute Gasteiger partial charge is 0.497 e. The third kappa shape index (κ3) is 8.27. The van der Waals surface area contributed by atoms with Gasteiger partial charge in [-0.2, -0.15) is 4.98 Å². The predicted octanol–water partition coefficient (Wildman–Crippen LogP) is 5.35. The highest BCUT2D eigenvalue weighted by molar-refractivity contribution is 9.10. The molecule has 0 atom stereocenters. The first-order valence-corrected chi connectivity index (χ1v) is 13.9. The van der Waals surface area contributed by atoms with E-state index >= 15 is 0 Å². The average Bonchev–Trinajstić information content (AvgIpc) is 2.94. The van der Waals surface area contributed by atoms with Crippen LogP contribution in [0.4, 0.5) is 5.82 Å². The fourth-order valence-electron chi connectivity index (χ4n) is 2.97. The molecule has 0 aliphatic heterocycles. The van der Waals surface area contributed by atoms with Gasteiger partial charge in [-0.05, 0) is 39.7 Å². The van der Waals surface area contributed by atoms with Crippen molar-refractivity contribution in [3.63, 3.8) is 0 Å². The van der Waals surface area contributed by atoms with E-state index in [9.17, 15) is 8.42 Å². The number of rotatable bonds is 12. The normalized spacial score (nSPS) is 11.3. The van der Waals surface area contributed by atoms with E-state index < -0.39 is 10.0 Å². The molecule has 39 heavy (non-hydrogen) atoms. The molecule has 11 nitrogen and oxygen atoms in total. The van der Waals surface area contributed by atoms with Crippen molar-refractivity contribution in [2.75, 3.05) is 25.0 Å². The van der Waals surface area contributed by atoms with Gasteiger partial charge in [-0.3, -0.25) is 4.72 Å². The van der Waals surface area contributed by atoms with E-state index in [1.165, 1.54) is 19.3 Å². The van der Waals surface area contributed by atoms with Gasteiger partial charge in [0.1, 0.15) is 31.0 Å². The monoisotopic (exact) mass is 633 g/mol. The molecular weight excluding hydrogens is 614 g/mol. The van der Waals surface area contributed by atoms with Gasteiger partial charge in [-0.25, -0.2) is 23.4 Å². The first-order valence-electron chi connectivity index (χ1n) is 11.2. The fourth-order valence-corrected chi connectivity index (χ4v) is 4.15. The summed E-state index contributed by atoms with van der Waals surface area (Å²) in [6, 6.07) is 13.9. The van der Waals surface area contributed by atoms with Gasteiger partial charge < -0.3 is 18.9 Å². The molecule has 4 aromatic rings. The number of nitrogens with zero attached hydrogens (tertiary/aromatic N) is 4. The van der Waals surface area contributed by atoms with Crippen molar-refractivity contribution in [3.8, 4) is 29.1 Å². The molecule has 2 aromatic carbocycles. The summed E-state index contributed by atoms with van der Waals surface area (Å²) in [7, 11) is -2.52. The highest BCUT2D eigenvalue weighted by Crippen LogP contribution is 2.40. The van der Waals surface area contributed by atoms with E-state index in [1.807, 2.05) is 6.07 Å². The quantitative estimate of drug-likeness (QED) is 0.203. The molecule has 0 radical (unpaired) electrons. The van der Waals surface area contributed by atoms with Crippen LogP contribution in [0.1, 0.15) is 5.56 Å². The van der Waals surface area contributed by atoms with Crippen molar-refractivity contribution >= 4 is 49.4 Å². The molecule has 0 fully saturated rings. The third-order valence-electron chi connectivity index (χ3n) is 4.75. The number of nitrogens with one attached hydrogen (secondary N) is 1. The molecule has 0 aliphatic rings. The van der Waals surface area contributed by atoms with Gasteiger partial charge in [0.2, 0.25) is 5.75 Å². The van der Waals surface area contributed by atoms with Crippen LogP contribution >= 0.6 is 27.5 Å². The highest BCUT2D eigenvalue weighted by Gasteiger charge is 2.21. The second kappa shape index (κ2) is 13.2. The van der Waals surface area contributed by atoms with Crippen LogP contribution in [-0.2, 0) is 10.0 Å². The standard InChI is InChI=1S/C25H21BrClN5O6S/c1-35-19-7-8-20(27)21(13-19)38-22-23(32-39(33,34)12-9-17-5-3-2-4-6-17)30-16-31-24(22)36-10-11-37-25-28-14-18(26)15-29-25/h2-9,12-16H,10-11H2,1H3,(H,30,31,32)/b12-9+. The van der Waals surface area contributed by atoms with Crippen LogP contribution in [0.25, 0.3) is 6.08 Å². The van der Waals surface area contributed by atoms with E-state index in [0.717, 1.165) is 11.7 Å². The topological polar surface area (TPSA) is 135 Å². The SMILES string of the molecule is COc1ccc(Cl)c(Oc2c(NS(=O)(=O)/C=C/c3ccccc3)ncnc2OCCOc2ncc(Br)cn2)c1. The lowest BCUT2D eigenvalue weighted by molar-refractivity contribution is 0.197. The minimum Gasteiger partial charge on any atom is -0.497 e. The average molecular weight is 635 g/mol. The number of hydrogen-bond acceptors (Lipinski definition) is 10. The number of anilines is 1. The van der Waals surface area contributed by atoms with Gasteiger partial charge in [0.25, 0.3) is 15.9 Å². The molecule has 0 spiro atoms. The highest BCUT2D eigenvalue weighted by atomic mass is 79.9. The Morgan fingerprint density at radius 3 is 2.49 bits per heavy atom. The maximum atomic E-state index is 12.9. The predicted molar refractivity (Wildman–Crippen MR) is 149 cm³/mol. The Kier molecular flexibility index (Phi) is 9.52. The number of hydrogen-bond donors (Lipinski definition) is 1. The van der Waals surface area contributed by atoms with Gasteiger partial charge >= 0.3 is 6.01 Å². The first kappa shape index (κ1) is 28.1. The maximum Gasteiger partial charge on any atom is 0.316 e. The van der Waals surface area contributed by atoms with E-state index in [0.29, 0.717) is 15.8 Å². The van der Waals surface area contributed by atoms with Gasteiger partial charge in [0.15, 0.2) is 5.82 Å². The van der Waals surface area contributed by atoms with Crippen molar-refractivity contribution in [3.05, 3.63) is 87.7 Å².